The van der Waals surface area contributed by atoms with Crippen molar-refractivity contribution < 1.29 is 8.78 Å². The van der Waals surface area contributed by atoms with Crippen LogP contribution in [0.2, 0.25) is 0 Å². The number of unbranched alkanes of at least 4 members (excludes halogenated alkanes) is 12. The van der Waals surface area contributed by atoms with E-state index >= 15 is 0 Å². The van der Waals surface area contributed by atoms with Crippen molar-refractivity contribution in [3.63, 3.8) is 0 Å². The van der Waals surface area contributed by atoms with Crippen LogP contribution in [0.5, 0.6) is 0 Å². The van der Waals surface area contributed by atoms with Gasteiger partial charge in [-0.15, -0.1) is 19.7 Å². The Balaban J connectivity index is 0.000000240. The van der Waals surface area contributed by atoms with E-state index in [0.717, 1.165) is 116 Å². The van der Waals surface area contributed by atoms with E-state index in [9.17, 15) is 8.78 Å². The Bertz CT molecular complexity index is 4980. The lowest BCUT2D eigenvalue weighted by atomic mass is 9.94. The largest absolute Gasteiger partial charge is 0.385 e. The van der Waals surface area contributed by atoms with Crippen molar-refractivity contribution in [2.24, 2.45) is 35.5 Å². The Kier molecular flexibility index (Phi) is 70.6. The number of anilines is 6. The number of hydrogen-bond acceptors (Lipinski definition) is 6. The van der Waals surface area contributed by atoms with Gasteiger partial charge < -0.3 is 31.9 Å². The molecule has 12 aromatic rings. The lowest BCUT2D eigenvalue weighted by Crippen LogP contribution is -2.14. The van der Waals surface area contributed by atoms with Gasteiger partial charge in [-0.25, -0.2) is 8.78 Å². The van der Waals surface area contributed by atoms with Crippen LogP contribution in [0.3, 0.4) is 0 Å². The summed E-state index contributed by atoms with van der Waals surface area (Å²) in [6, 6.07) is 115. The van der Waals surface area contributed by atoms with Crippen LogP contribution in [0.4, 0.5) is 42.9 Å². The molecule has 0 spiro atoms. The van der Waals surface area contributed by atoms with Crippen LogP contribution in [0, 0.1) is 47.1 Å². The maximum absolute atomic E-state index is 13.0. The highest BCUT2D eigenvalue weighted by Gasteiger charge is 2.16. The summed E-state index contributed by atoms with van der Waals surface area (Å²) in [5.41, 5.74) is 15.1. The summed E-state index contributed by atoms with van der Waals surface area (Å²) in [5.74, 6) is 3.93. The first-order chi connectivity index (χ1) is 72.9. The molecule has 0 aromatic heterocycles. The van der Waals surface area contributed by atoms with Gasteiger partial charge in [0.25, 0.3) is 0 Å². The molecule has 12 aromatic carbocycles. The molecule has 0 bridgehead atoms. The van der Waals surface area contributed by atoms with E-state index in [1.807, 2.05) is 36.4 Å². The summed E-state index contributed by atoms with van der Waals surface area (Å²) in [6.45, 7) is 24.6. The number of rotatable bonds is 69. The molecule has 0 radical (unpaired) electrons. The molecule has 10 heteroatoms. The molecule has 0 fully saturated rings. The van der Waals surface area contributed by atoms with Gasteiger partial charge in [-0.05, 0) is 364 Å². The highest BCUT2D eigenvalue weighted by Crippen LogP contribution is 2.28. The van der Waals surface area contributed by atoms with E-state index in [1.54, 1.807) is 12.1 Å². The molecule has 6 nitrogen and oxygen atoms in total. The Morgan fingerprint density at radius 1 is 0.216 bits per heavy atom. The number of benzene rings is 12. The Labute approximate surface area is 913 Å². The zero-order valence-corrected chi connectivity index (χ0v) is 93.6. The summed E-state index contributed by atoms with van der Waals surface area (Å²) in [6.07, 6.45) is 68.3. The summed E-state index contributed by atoms with van der Waals surface area (Å²) < 4.78 is 28.2. The van der Waals surface area contributed by atoms with Gasteiger partial charge in [0.15, 0.2) is 0 Å². The van der Waals surface area contributed by atoms with E-state index < -0.39 is 0 Å². The molecule has 0 aliphatic heterocycles. The molecular weight excluding hydrogens is 1940 g/mol. The molecule has 0 saturated carbocycles. The third-order valence-electron chi connectivity index (χ3n) is 27.3. The number of halogens is 4. The normalized spacial score (nSPS) is 12.1. The van der Waals surface area contributed by atoms with Gasteiger partial charge in [0, 0.05) is 82.3 Å². The minimum atomic E-state index is -0.195. The number of nitrogens with one attached hydrogen (secondary N) is 6. The fraction of sp³-hybridized carbons (Fsp3) is 0.391. The first-order valence-corrected chi connectivity index (χ1v) is 58.1. The Hall–Kier alpha value is -11.3. The molecular formula is C138H182Br2F2N6. The number of hydrogen-bond donors (Lipinski definition) is 6. The fourth-order valence-electron chi connectivity index (χ4n) is 18.3. The molecule has 0 amide bonds. The fourth-order valence-corrected chi connectivity index (χ4v) is 18.8. The SMILES string of the molecule is C=CCCC(CCC/C=C/c1ccccc1)CNc1ccc(Br)cc1.C=CCCC(CCC/C=C/c1ccccc1)CNc1ccc(F)cc1.C=CCCC(CCC/C=C/c1ccccc1)CNc1ccccc1.CCCCC(CCCCCc1ccccc1)CNc1ccc(Br)cc1.CCCCC(CCCCCc1ccccc1)CNc1ccc(F)cc1.CCCCC(CCCCCc1ccccc1)CNc1ccccc1. The zero-order valence-electron chi connectivity index (χ0n) is 90.4. The first-order valence-electron chi connectivity index (χ1n) is 56.5. The van der Waals surface area contributed by atoms with E-state index in [0.29, 0.717) is 23.7 Å². The molecule has 0 heterocycles. The molecule has 0 aliphatic carbocycles. The minimum Gasteiger partial charge on any atom is -0.385 e. The van der Waals surface area contributed by atoms with Crippen LogP contribution in [-0.4, -0.2) is 39.3 Å². The van der Waals surface area contributed by atoms with Gasteiger partial charge in [-0.2, -0.15) is 0 Å². The quantitative estimate of drug-likeness (QED) is 0.0169. The topological polar surface area (TPSA) is 72.2 Å². The van der Waals surface area contributed by atoms with E-state index in [2.05, 4.69) is 426 Å². The lowest BCUT2D eigenvalue weighted by molar-refractivity contribution is 0.430. The van der Waals surface area contributed by atoms with E-state index in [4.69, 9.17) is 0 Å². The van der Waals surface area contributed by atoms with Gasteiger partial charge in [-0.1, -0.05) is 403 Å². The van der Waals surface area contributed by atoms with Crippen molar-refractivity contribution >= 4 is 84.2 Å². The second-order valence-electron chi connectivity index (χ2n) is 39.8. The van der Waals surface area contributed by atoms with Crippen LogP contribution in [-0.2, 0) is 19.3 Å². The van der Waals surface area contributed by atoms with Gasteiger partial charge in [0.1, 0.15) is 11.6 Å². The molecule has 6 unspecified atom stereocenters. The van der Waals surface area contributed by atoms with Crippen molar-refractivity contribution in [1.82, 2.24) is 0 Å². The Morgan fingerprint density at radius 2 is 0.419 bits per heavy atom. The third kappa shape index (κ3) is 63.5. The maximum atomic E-state index is 13.0. The van der Waals surface area contributed by atoms with Crippen molar-refractivity contribution in [2.75, 3.05) is 71.2 Å². The second-order valence-corrected chi connectivity index (χ2v) is 41.6. The third-order valence-corrected chi connectivity index (χ3v) is 28.3. The van der Waals surface area contributed by atoms with Gasteiger partial charge in [-0.3, -0.25) is 0 Å². The summed E-state index contributed by atoms with van der Waals surface area (Å²) in [4.78, 5) is 0. The number of allylic oxidation sites excluding steroid dienone is 6. The molecule has 6 N–H and O–H groups in total. The van der Waals surface area contributed by atoms with Gasteiger partial charge in [0.05, 0.1) is 0 Å². The lowest BCUT2D eigenvalue weighted by Gasteiger charge is -2.18. The van der Waals surface area contributed by atoms with Crippen LogP contribution in [0.25, 0.3) is 18.2 Å². The second kappa shape index (κ2) is 84.5. The van der Waals surface area contributed by atoms with Crippen LogP contribution in [0.15, 0.2) is 405 Å². The number of para-hydroxylation sites is 2. The Morgan fingerprint density at radius 3 is 0.655 bits per heavy atom. The van der Waals surface area contributed by atoms with Crippen molar-refractivity contribution in [1.29, 1.82) is 0 Å². The average Bonchev–Trinajstić information content (AvgIpc) is 0.925. The maximum Gasteiger partial charge on any atom is 0.123 e. The highest BCUT2D eigenvalue weighted by molar-refractivity contribution is 9.10. The molecule has 6 atom stereocenters. The first kappa shape index (κ1) is 124. The van der Waals surface area contributed by atoms with E-state index in [1.165, 1.54) is 286 Å². The van der Waals surface area contributed by atoms with E-state index in [-0.39, 0.29) is 11.6 Å². The van der Waals surface area contributed by atoms with Crippen molar-refractivity contribution in [3.8, 4) is 0 Å². The standard InChI is InChI=1S/C23H32BrN.C23H28BrN.C23H32FN.C23H28FN.C23H33N.C23H29N/c4*1-2-3-10-21(19-25-23-17-15-22(24)16-18-23)14-9-5-8-13-20-11-6-4-7-12-20;2*1-2-3-13-22(20-24-23-18-11-6-12-19-23)17-10-5-9-16-21-14-7-4-8-15-21/h4,6-7,11-12,15-18,21,25H,2-3,5,8-10,13-14,19H2,1H3;2,4,6-8,11-13,15-18,21,25H,1,3,5,9-10,14,19H2;4,6-7,11-12,15-18,21,25H,2-3,5,8-10,13-14,19H2,1H3;2,4,6-8,11-13,15-18,21,25H,1,3,5,9-10,14,19H2;4,6-8,11-12,14-15,18-19,22,24H,2-3,5,9-10,13,16-17,20H2,1H3;2,4,6-9,11-12,14-16,18-19,22,24H,1,3,5,10,13,17,20H2/b;13-8+;;13-8+;;16-9+. The highest BCUT2D eigenvalue weighted by atomic mass is 79.9. The van der Waals surface area contributed by atoms with Crippen molar-refractivity contribution in [2.45, 2.75) is 271 Å². The predicted molar refractivity (Wildman–Crippen MR) is 657 cm³/mol. The van der Waals surface area contributed by atoms with Gasteiger partial charge >= 0.3 is 0 Å². The summed E-state index contributed by atoms with van der Waals surface area (Å²) in [5, 5.41) is 21.3. The van der Waals surface area contributed by atoms with Crippen LogP contribution < -0.4 is 31.9 Å². The molecule has 0 saturated heterocycles. The summed E-state index contributed by atoms with van der Waals surface area (Å²) in [7, 11) is 0. The monoisotopic (exact) mass is 2120 g/mol. The smallest absolute Gasteiger partial charge is 0.123 e. The molecule has 0 aliphatic rings. The number of aryl methyl sites for hydroxylation is 3. The molecule has 12 rings (SSSR count). The van der Waals surface area contributed by atoms with Crippen molar-refractivity contribution in [3.05, 3.63) is 450 Å². The molecule has 792 valence electrons. The van der Waals surface area contributed by atoms with Gasteiger partial charge in [0.2, 0.25) is 0 Å². The average molecular weight is 2120 g/mol. The summed E-state index contributed by atoms with van der Waals surface area (Å²) >= 11 is 6.98. The zero-order chi connectivity index (χ0) is 105. The van der Waals surface area contributed by atoms with Crippen LogP contribution >= 0.6 is 31.9 Å². The van der Waals surface area contributed by atoms with Crippen LogP contribution in [0.1, 0.15) is 285 Å². The predicted octanol–water partition coefficient (Wildman–Crippen LogP) is 41.6. The molecule has 148 heavy (non-hydrogen) atoms. The minimum absolute atomic E-state index is 0.175.